The number of hydrogen-bond acceptors (Lipinski definition) is 10. The van der Waals surface area contributed by atoms with Crippen LogP contribution in [0.5, 0.6) is 0 Å². The third-order valence-corrected chi connectivity index (χ3v) is 6.43. The van der Waals surface area contributed by atoms with Crippen molar-refractivity contribution in [3.8, 4) is 0 Å². The second-order valence-corrected chi connectivity index (χ2v) is 8.72. The Labute approximate surface area is 187 Å². The number of nitrogens with zero attached hydrogens (tertiary/aromatic N) is 7. The molecule has 1 saturated heterocycles. The Kier molecular flexibility index (Phi) is 4.51. The predicted octanol–water partition coefficient (Wildman–Crippen LogP) is 2.57. The molecule has 1 aliphatic heterocycles. The number of aromatic nitrogens is 7. The van der Waals surface area contributed by atoms with Crippen molar-refractivity contribution < 1.29 is 0 Å². The zero-order valence-corrected chi connectivity index (χ0v) is 18.1. The van der Waals surface area contributed by atoms with E-state index in [1.54, 1.807) is 24.8 Å². The summed E-state index contributed by atoms with van der Waals surface area (Å²) in [5.74, 6) is 1.66. The lowest BCUT2D eigenvalue weighted by molar-refractivity contribution is 0.751. The van der Waals surface area contributed by atoms with Crippen LogP contribution in [-0.2, 0) is 0 Å². The molecule has 1 atom stereocenters. The van der Waals surface area contributed by atoms with Crippen molar-refractivity contribution in [2.24, 2.45) is 5.73 Å². The van der Waals surface area contributed by atoms with Gasteiger partial charge in [0, 0.05) is 61.2 Å². The molecule has 0 bridgehead atoms. The van der Waals surface area contributed by atoms with Gasteiger partial charge in [-0.05, 0) is 30.3 Å². The number of anilines is 2. The van der Waals surface area contributed by atoms with Gasteiger partial charge in [0.05, 0.1) is 10.9 Å². The van der Waals surface area contributed by atoms with E-state index in [1.807, 2.05) is 19.2 Å². The highest BCUT2D eigenvalue weighted by molar-refractivity contribution is 7.99. The monoisotopic (exact) mass is 444 g/mol. The summed E-state index contributed by atoms with van der Waals surface area (Å²) in [5.41, 5.74) is 9.25. The summed E-state index contributed by atoms with van der Waals surface area (Å²) in [5, 5.41) is 5.80. The van der Waals surface area contributed by atoms with Crippen LogP contribution >= 0.6 is 11.8 Å². The number of rotatable bonds is 4. The minimum Gasteiger partial charge on any atom is -0.371 e. The largest absolute Gasteiger partial charge is 0.371 e. The van der Waals surface area contributed by atoms with Crippen molar-refractivity contribution in [2.45, 2.75) is 22.5 Å². The van der Waals surface area contributed by atoms with Crippen LogP contribution < -0.4 is 16.0 Å². The molecule has 0 radical (unpaired) electrons. The zero-order valence-electron chi connectivity index (χ0n) is 17.3. The van der Waals surface area contributed by atoms with Crippen LogP contribution in [0.25, 0.3) is 33.1 Å². The Hall–Kier alpha value is -3.57. The molecule has 160 valence electrons. The van der Waals surface area contributed by atoms with Crippen molar-refractivity contribution in [1.82, 2.24) is 34.9 Å². The normalized spacial score (nSPS) is 16.4. The smallest absolute Gasteiger partial charge is 0.196 e. The molecule has 5 aromatic heterocycles. The first-order valence-electron chi connectivity index (χ1n) is 10.3. The van der Waals surface area contributed by atoms with Gasteiger partial charge in [-0.1, -0.05) is 0 Å². The van der Waals surface area contributed by atoms with E-state index in [-0.39, 0.29) is 6.04 Å². The Morgan fingerprint density at radius 2 is 2.06 bits per heavy atom. The molecule has 0 aromatic carbocycles. The van der Waals surface area contributed by atoms with Gasteiger partial charge in [-0.15, -0.1) is 0 Å². The Morgan fingerprint density at radius 1 is 1.16 bits per heavy atom. The summed E-state index contributed by atoms with van der Waals surface area (Å²) < 4.78 is 0. The maximum atomic E-state index is 6.22. The molecule has 5 aromatic rings. The second-order valence-electron chi connectivity index (χ2n) is 7.68. The quantitative estimate of drug-likeness (QED) is 0.355. The highest BCUT2D eigenvalue weighted by Gasteiger charge is 2.25. The lowest BCUT2D eigenvalue weighted by Crippen LogP contribution is -2.27. The molecule has 10 nitrogen and oxygen atoms in total. The highest BCUT2D eigenvalue weighted by Crippen LogP contribution is 2.37. The molecule has 0 unspecified atom stereocenters. The molecule has 1 fully saturated rings. The molecule has 0 saturated carbocycles. The molecule has 11 heteroatoms. The van der Waals surface area contributed by atoms with Crippen molar-refractivity contribution >= 4 is 56.5 Å². The fraction of sp³-hybridized carbons (Fsp3) is 0.238. The average molecular weight is 445 g/mol. The van der Waals surface area contributed by atoms with Crippen LogP contribution in [0.3, 0.4) is 0 Å². The van der Waals surface area contributed by atoms with Crippen LogP contribution in [-0.4, -0.2) is 61.1 Å². The van der Waals surface area contributed by atoms with Crippen molar-refractivity contribution in [3.05, 3.63) is 36.9 Å². The third-order valence-electron chi connectivity index (χ3n) is 5.60. The summed E-state index contributed by atoms with van der Waals surface area (Å²) in [4.78, 5) is 33.8. The molecular weight excluding hydrogens is 424 g/mol. The van der Waals surface area contributed by atoms with E-state index < -0.39 is 0 Å². The third kappa shape index (κ3) is 3.17. The summed E-state index contributed by atoms with van der Waals surface area (Å²) in [6.07, 6.45) is 7.80. The first kappa shape index (κ1) is 19.1. The van der Waals surface area contributed by atoms with E-state index in [4.69, 9.17) is 15.7 Å². The average Bonchev–Trinajstić information content (AvgIpc) is 3.41. The summed E-state index contributed by atoms with van der Waals surface area (Å²) >= 11 is 1.45. The van der Waals surface area contributed by atoms with Crippen LogP contribution in [0, 0.1) is 0 Å². The van der Waals surface area contributed by atoms with Gasteiger partial charge in [0.15, 0.2) is 10.8 Å². The van der Waals surface area contributed by atoms with Gasteiger partial charge >= 0.3 is 0 Å². The molecule has 6 heterocycles. The minimum atomic E-state index is 0.138. The van der Waals surface area contributed by atoms with E-state index >= 15 is 0 Å². The van der Waals surface area contributed by atoms with Gasteiger partial charge in [-0.3, -0.25) is 4.98 Å². The fourth-order valence-corrected chi connectivity index (χ4v) is 4.88. The number of H-pyrrole nitrogens is 1. The van der Waals surface area contributed by atoms with Crippen LogP contribution in [0.1, 0.15) is 6.42 Å². The topological polar surface area (TPSA) is 134 Å². The van der Waals surface area contributed by atoms with E-state index in [0.717, 1.165) is 63.5 Å². The van der Waals surface area contributed by atoms with E-state index in [0.29, 0.717) is 10.8 Å². The van der Waals surface area contributed by atoms with Crippen molar-refractivity contribution in [1.29, 1.82) is 0 Å². The van der Waals surface area contributed by atoms with Gasteiger partial charge in [-0.2, -0.15) is 0 Å². The highest BCUT2D eigenvalue weighted by atomic mass is 32.2. The summed E-state index contributed by atoms with van der Waals surface area (Å²) in [6.45, 7) is 1.63. The second kappa shape index (κ2) is 7.53. The fourth-order valence-electron chi connectivity index (χ4n) is 4.13. The lowest BCUT2D eigenvalue weighted by atomic mass is 10.2. The molecule has 4 N–H and O–H groups in total. The Balaban J connectivity index is 1.51. The molecule has 32 heavy (non-hydrogen) atoms. The van der Waals surface area contributed by atoms with E-state index in [2.05, 4.69) is 35.1 Å². The summed E-state index contributed by atoms with van der Waals surface area (Å²) in [7, 11) is 1.86. The van der Waals surface area contributed by atoms with E-state index in [9.17, 15) is 0 Å². The molecule has 1 aliphatic rings. The number of nitrogens with two attached hydrogens (primary N) is 1. The van der Waals surface area contributed by atoms with E-state index in [1.165, 1.54) is 11.8 Å². The SMILES string of the molecule is CNc1nccc2c1[nH]c1nc(Sc3cnc4nccnc4c3)nc(N3CC[C@@H](N)C3)c12. The standard InChI is InChI=1S/C21H20N10S/c1-23-19-16-13(2-4-25-19)15-18(28-16)29-21(30-20(15)31-7-3-11(22)10-31)32-12-8-14-17(27-9-12)26-6-5-24-14/h2,4-6,8-9,11H,3,7,10,22H2,1H3,(H,23,25)(H,28,29,30)/t11-/m1/s1. The van der Waals surface area contributed by atoms with Gasteiger partial charge < -0.3 is 20.9 Å². The first-order chi connectivity index (χ1) is 15.7. The van der Waals surface area contributed by atoms with Gasteiger partial charge in [-0.25, -0.2) is 24.9 Å². The number of nitrogens with one attached hydrogen (secondary N) is 2. The van der Waals surface area contributed by atoms with Crippen LogP contribution in [0.15, 0.2) is 47.0 Å². The van der Waals surface area contributed by atoms with Crippen molar-refractivity contribution in [2.75, 3.05) is 30.4 Å². The molecule has 0 aliphatic carbocycles. The Bertz CT molecular complexity index is 1470. The van der Waals surface area contributed by atoms with Gasteiger partial charge in [0.25, 0.3) is 0 Å². The lowest BCUT2D eigenvalue weighted by Gasteiger charge is -2.18. The number of fused-ring (bicyclic) bond motifs is 4. The number of hydrogen-bond donors (Lipinski definition) is 3. The van der Waals surface area contributed by atoms with Crippen LogP contribution in [0.4, 0.5) is 11.6 Å². The summed E-state index contributed by atoms with van der Waals surface area (Å²) in [6, 6.07) is 4.09. The number of aromatic amines is 1. The minimum absolute atomic E-state index is 0.138. The number of pyridine rings is 2. The van der Waals surface area contributed by atoms with Gasteiger partial charge in [0.2, 0.25) is 0 Å². The Morgan fingerprint density at radius 3 is 2.91 bits per heavy atom. The van der Waals surface area contributed by atoms with Crippen molar-refractivity contribution in [3.63, 3.8) is 0 Å². The molecule has 0 spiro atoms. The molecule has 0 amide bonds. The predicted molar refractivity (Wildman–Crippen MR) is 125 cm³/mol. The maximum absolute atomic E-state index is 6.22. The zero-order chi connectivity index (χ0) is 21.7. The molecular formula is C21H20N10S. The van der Waals surface area contributed by atoms with Gasteiger partial charge in [0.1, 0.15) is 22.8 Å². The first-order valence-corrected chi connectivity index (χ1v) is 11.1. The maximum Gasteiger partial charge on any atom is 0.196 e. The van der Waals surface area contributed by atoms with Crippen LogP contribution in [0.2, 0.25) is 0 Å². The molecule has 6 rings (SSSR count).